The second kappa shape index (κ2) is 15.9. The summed E-state index contributed by atoms with van der Waals surface area (Å²) < 4.78 is 33.3. The Morgan fingerprint density at radius 3 is 2.27 bits per heavy atom. The molecule has 0 aromatic heterocycles. The Hall–Kier alpha value is -4.40. The Balaban J connectivity index is 1.40. The third kappa shape index (κ3) is 9.30. The van der Waals surface area contributed by atoms with Crippen molar-refractivity contribution < 1.29 is 28.2 Å². The second-order valence-corrected chi connectivity index (χ2v) is 10.7. The molecule has 4 rings (SSSR count). The predicted octanol–water partition coefficient (Wildman–Crippen LogP) is 6.04. The summed E-state index contributed by atoms with van der Waals surface area (Å²) in [5.74, 6) is -1.53. The molecule has 0 aliphatic rings. The number of nitrogens with one attached hydrogen (secondary N) is 2. The number of halogens is 2. The van der Waals surface area contributed by atoms with Crippen molar-refractivity contribution >= 4 is 11.7 Å². The molecule has 0 bridgehead atoms. The van der Waals surface area contributed by atoms with Gasteiger partial charge in [-0.25, -0.2) is 8.78 Å². The summed E-state index contributed by atoms with van der Waals surface area (Å²) in [6.07, 6.45) is -0.338. The van der Waals surface area contributed by atoms with E-state index in [2.05, 4.69) is 23.6 Å². The van der Waals surface area contributed by atoms with Gasteiger partial charge >= 0.3 is 0 Å². The first-order valence-corrected chi connectivity index (χ1v) is 14.7. The molecule has 6 nitrogen and oxygen atoms in total. The smallest absolute Gasteiger partial charge is 0.220 e. The number of hydrogen-bond acceptors (Lipinski definition) is 5. The highest BCUT2D eigenvalue weighted by Crippen LogP contribution is 2.31. The van der Waals surface area contributed by atoms with Crippen LogP contribution < -0.4 is 15.4 Å². The van der Waals surface area contributed by atoms with Crippen LogP contribution in [0.2, 0.25) is 0 Å². The zero-order valence-corrected chi connectivity index (χ0v) is 25.0. The highest BCUT2D eigenvalue weighted by Gasteiger charge is 2.23. The molecule has 0 aliphatic carbocycles. The minimum atomic E-state index is -1.06. The number of Topliss-reactive ketones (excluding diaryl/α,β-unsaturated/α-hetero) is 1. The van der Waals surface area contributed by atoms with E-state index in [1.54, 1.807) is 25.3 Å². The van der Waals surface area contributed by atoms with Crippen LogP contribution in [-0.2, 0) is 24.2 Å². The monoisotopic (exact) mass is 600 g/mol. The Bertz CT molecular complexity index is 1540. The molecular weight excluding hydrogens is 562 g/mol. The summed E-state index contributed by atoms with van der Waals surface area (Å²) in [5.41, 5.74) is 4.66. The zero-order chi connectivity index (χ0) is 31.5. The van der Waals surface area contributed by atoms with Gasteiger partial charge in [-0.3, -0.25) is 9.59 Å². The lowest BCUT2D eigenvalue weighted by Gasteiger charge is -2.25. The molecule has 230 valence electrons. The van der Waals surface area contributed by atoms with Gasteiger partial charge in [-0.15, -0.1) is 0 Å². The lowest BCUT2D eigenvalue weighted by molar-refractivity contribution is -0.122. The van der Waals surface area contributed by atoms with Gasteiger partial charge in [-0.2, -0.15) is 0 Å². The first kappa shape index (κ1) is 32.5. The lowest BCUT2D eigenvalue weighted by Crippen LogP contribution is -2.48. The van der Waals surface area contributed by atoms with Crippen LogP contribution >= 0.6 is 0 Å². The van der Waals surface area contributed by atoms with Gasteiger partial charge in [0, 0.05) is 43.1 Å². The van der Waals surface area contributed by atoms with Crippen LogP contribution in [0, 0.1) is 11.6 Å². The van der Waals surface area contributed by atoms with Gasteiger partial charge in [0.2, 0.25) is 5.91 Å². The first-order chi connectivity index (χ1) is 21.2. The van der Waals surface area contributed by atoms with Gasteiger partial charge < -0.3 is 20.5 Å². The van der Waals surface area contributed by atoms with E-state index in [0.717, 1.165) is 29.2 Å². The Kier molecular flexibility index (Phi) is 11.7. The van der Waals surface area contributed by atoms with Gasteiger partial charge in [0.05, 0.1) is 19.3 Å². The second-order valence-electron chi connectivity index (χ2n) is 10.7. The molecule has 1 amide bonds. The van der Waals surface area contributed by atoms with Crippen LogP contribution in [0.25, 0.3) is 11.1 Å². The Morgan fingerprint density at radius 2 is 1.57 bits per heavy atom. The number of aryl methyl sites for hydroxylation is 1. The highest BCUT2D eigenvalue weighted by molar-refractivity contribution is 5.99. The van der Waals surface area contributed by atoms with E-state index in [-0.39, 0.29) is 31.6 Å². The minimum absolute atomic E-state index is 0.00144. The topological polar surface area (TPSA) is 87.7 Å². The molecule has 2 atom stereocenters. The number of benzene rings is 4. The molecule has 4 aromatic rings. The van der Waals surface area contributed by atoms with Crippen LogP contribution in [-0.4, -0.2) is 42.6 Å². The molecule has 0 saturated heterocycles. The van der Waals surface area contributed by atoms with Crippen molar-refractivity contribution in [2.24, 2.45) is 0 Å². The van der Waals surface area contributed by atoms with Crippen molar-refractivity contribution in [2.45, 2.75) is 51.3 Å². The number of methoxy groups -OCH3 is 1. The maximum atomic E-state index is 13.9. The van der Waals surface area contributed by atoms with E-state index in [9.17, 15) is 23.5 Å². The number of aliphatic hydroxyl groups is 1. The molecule has 0 fully saturated rings. The Labute approximate surface area is 257 Å². The van der Waals surface area contributed by atoms with Gasteiger partial charge in [-0.1, -0.05) is 61.5 Å². The minimum Gasteiger partial charge on any atom is -0.496 e. The van der Waals surface area contributed by atoms with Gasteiger partial charge in [0.15, 0.2) is 5.78 Å². The maximum absolute atomic E-state index is 13.9. The summed E-state index contributed by atoms with van der Waals surface area (Å²) in [6.45, 7) is 2.71. The summed E-state index contributed by atoms with van der Waals surface area (Å²) in [4.78, 5) is 26.1. The Morgan fingerprint density at radius 1 is 0.841 bits per heavy atom. The van der Waals surface area contributed by atoms with Crippen LogP contribution in [0.3, 0.4) is 0 Å². The number of aliphatic hydroxyl groups excluding tert-OH is 1. The number of carbonyl (C=O) groups excluding carboxylic acids is 2. The summed E-state index contributed by atoms with van der Waals surface area (Å²) in [5, 5.41) is 17.0. The molecule has 0 saturated carbocycles. The van der Waals surface area contributed by atoms with Crippen LogP contribution in [0.1, 0.15) is 46.8 Å². The zero-order valence-electron chi connectivity index (χ0n) is 25.0. The summed E-state index contributed by atoms with van der Waals surface area (Å²) in [6, 6.07) is 25.1. The largest absolute Gasteiger partial charge is 0.496 e. The van der Waals surface area contributed by atoms with E-state index in [4.69, 9.17) is 4.74 Å². The summed E-state index contributed by atoms with van der Waals surface area (Å²) >= 11 is 0. The van der Waals surface area contributed by atoms with E-state index in [1.807, 2.05) is 48.5 Å². The molecule has 44 heavy (non-hydrogen) atoms. The molecule has 0 radical (unpaired) electrons. The van der Waals surface area contributed by atoms with Gasteiger partial charge in [-0.05, 0) is 65.4 Å². The van der Waals surface area contributed by atoms with Crippen LogP contribution in [0.15, 0.2) is 91.0 Å². The summed E-state index contributed by atoms with van der Waals surface area (Å²) in [7, 11) is 1.57. The number of ether oxygens (including phenoxy) is 1. The maximum Gasteiger partial charge on any atom is 0.220 e. The first-order valence-electron chi connectivity index (χ1n) is 14.7. The van der Waals surface area contributed by atoms with E-state index < -0.39 is 29.7 Å². The standard InChI is InChI=1S/C36H38F2N2O4/c1-3-24-8-7-9-25(16-24)22-39-23-34(42)32(19-26-17-29(37)21-30(38)18-26)40-36(43)15-13-33(41)28-12-14-35(44-2)31(20-28)27-10-5-4-6-11-27/h4-12,14,16-18,20-21,32,34,39,42H,3,13,15,19,22-23H2,1-2H3,(H,40,43)/t32-,34-/m0/s1. The molecule has 0 heterocycles. The highest BCUT2D eigenvalue weighted by atomic mass is 19.1. The third-order valence-corrected chi connectivity index (χ3v) is 7.46. The molecular formula is C36H38F2N2O4. The normalized spacial score (nSPS) is 12.4. The molecule has 0 aliphatic heterocycles. The fourth-order valence-electron chi connectivity index (χ4n) is 5.11. The fourth-order valence-corrected chi connectivity index (χ4v) is 5.11. The SMILES string of the molecule is CCc1cccc(CNC[C@H](O)[C@H](Cc2cc(F)cc(F)c2)NC(=O)CCC(=O)c2ccc(OC)c(-c3ccccc3)c2)c1. The molecule has 8 heteroatoms. The van der Waals surface area contributed by atoms with E-state index in [1.165, 1.54) is 17.7 Å². The average Bonchev–Trinajstić information content (AvgIpc) is 3.03. The quantitative estimate of drug-likeness (QED) is 0.145. The number of rotatable bonds is 15. The van der Waals surface area contributed by atoms with Crippen molar-refractivity contribution in [3.63, 3.8) is 0 Å². The van der Waals surface area contributed by atoms with E-state index in [0.29, 0.717) is 23.4 Å². The van der Waals surface area contributed by atoms with E-state index >= 15 is 0 Å². The van der Waals surface area contributed by atoms with Crippen molar-refractivity contribution in [1.29, 1.82) is 0 Å². The van der Waals surface area contributed by atoms with Crippen LogP contribution in [0.5, 0.6) is 5.75 Å². The number of carbonyl (C=O) groups is 2. The van der Waals surface area contributed by atoms with Crippen molar-refractivity contribution in [3.8, 4) is 16.9 Å². The van der Waals surface area contributed by atoms with Crippen molar-refractivity contribution in [2.75, 3.05) is 13.7 Å². The van der Waals surface area contributed by atoms with Gasteiger partial charge in [0.25, 0.3) is 0 Å². The molecule has 0 spiro atoms. The predicted molar refractivity (Wildman–Crippen MR) is 168 cm³/mol. The fraction of sp³-hybridized carbons (Fsp3) is 0.278. The molecule has 4 aromatic carbocycles. The lowest BCUT2D eigenvalue weighted by atomic mass is 9.98. The number of ketones is 1. The van der Waals surface area contributed by atoms with Crippen molar-refractivity contribution in [1.82, 2.24) is 10.6 Å². The number of amides is 1. The molecule has 3 N–H and O–H groups in total. The van der Waals surface area contributed by atoms with Gasteiger partial charge in [0.1, 0.15) is 17.4 Å². The molecule has 0 unspecified atom stereocenters. The van der Waals surface area contributed by atoms with Crippen molar-refractivity contribution in [3.05, 3.63) is 125 Å². The third-order valence-electron chi connectivity index (χ3n) is 7.46. The average molecular weight is 601 g/mol. The van der Waals surface area contributed by atoms with Crippen LogP contribution in [0.4, 0.5) is 8.78 Å². The number of hydrogen-bond donors (Lipinski definition) is 3.